The summed E-state index contributed by atoms with van der Waals surface area (Å²) in [5, 5.41) is 7.22. The molecule has 0 spiro atoms. The van der Waals surface area contributed by atoms with Crippen molar-refractivity contribution in [3.05, 3.63) is 105 Å². The van der Waals surface area contributed by atoms with Crippen LogP contribution in [-0.4, -0.2) is 50.5 Å². The molecule has 2 aliphatic rings. The van der Waals surface area contributed by atoms with Crippen LogP contribution in [0.4, 0.5) is 14.5 Å². The summed E-state index contributed by atoms with van der Waals surface area (Å²) in [5.41, 5.74) is 10.7. The second kappa shape index (κ2) is 13.4. The van der Waals surface area contributed by atoms with Crippen molar-refractivity contribution in [3.63, 3.8) is 0 Å². The van der Waals surface area contributed by atoms with Crippen LogP contribution in [0.2, 0.25) is 5.02 Å². The van der Waals surface area contributed by atoms with Gasteiger partial charge in [0.25, 0.3) is 0 Å². The Morgan fingerprint density at radius 3 is 2.47 bits per heavy atom. The van der Waals surface area contributed by atoms with Crippen molar-refractivity contribution in [1.29, 1.82) is 0 Å². The highest BCUT2D eigenvalue weighted by Crippen LogP contribution is 2.38. The molecule has 0 radical (unpaired) electrons. The van der Waals surface area contributed by atoms with Gasteiger partial charge in [0.15, 0.2) is 0 Å². The van der Waals surface area contributed by atoms with E-state index in [1.54, 1.807) is 18.2 Å². The predicted molar refractivity (Wildman–Crippen MR) is 158 cm³/mol. The zero-order valence-corrected chi connectivity index (χ0v) is 24.6. The molecule has 43 heavy (non-hydrogen) atoms. The van der Waals surface area contributed by atoms with Crippen LogP contribution >= 0.6 is 11.6 Å². The monoisotopic (exact) mass is 629 g/mol. The summed E-state index contributed by atoms with van der Waals surface area (Å²) in [7, 11) is -3.80. The molecule has 2 heterocycles. The van der Waals surface area contributed by atoms with Crippen molar-refractivity contribution in [2.75, 3.05) is 25.1 Å². The number of amides is 1. The topological polar surface area (TPSA) is 124 Å². The normalized spacial score (nSPS) is 20.1. The summed E-state index contributed by atoms with van der Waals surface area (Å²) in [6.07, 6.45) is 1.79. The second-order valence-electron chi connectivity index (χ2n) is 10.7. The number of hydrogen-bond acceptors (Lipinski definition) is 5. The van der Waals surface area contributed by atoms with Gasteiger partial charge in [0.2, 0.25) is 15.9 Å². The summed E-state index contributed by atoms with van der Waals surface area (Å²) < 4.78 is 60.9. The van der Waals surface area contributed by atoms with Crippen molar-refractivity contribution in [3.8, 4) is 0 Å². The lowest BCUT2D eigenvalue weighted by Crippen LogP contribution is -2.37. The Morgan fingerprint density at radius 1 is 1.09 bits per heavy atom. The van der Waals surface area contributed by atoms with Gasteiger partial charge >= 0.3 is 0 Å². The van der Waals surface area contributed by atoms with Crippen LogP contribution in [0.1, 0.15) is 36.3 Å². The van der Waals surface area contributed by atoms with Crippen LogP contribution in [-0.2, 0) is 26.0 Å². The first-order chi connectivity index (χ1) is 20.7. The number of ether oxygens (including phenoxy) is 1. The zero-order chi connectivity index (χ0) is 30.6. The van der Waals surface area contributed by atoms with Crippen molar-refractivity contribution in [1.82, 2.24) is 4.31 Å². The Hall–Kier alpha value is -3.54. The molecule has 9 nitrogen and oxygen atoms in total. The first kappa shape index (κ1) is 30.9. The third-order valence-electron chi connectivity index (χ3n) is 8.00. The van der Waals surface area contributed by atoms with Gasteiger partial charge in [0.1, 0.15) is 17.7 Å². The van der Waals surface area contributed by atoms with E-state index in [-0.39, 0.29) is 41.1 Å². The highest BCUT2D eigenvalue weighted by atomic mass is 35.5. The third-order valence-corrected chi connectivity index (χ3v) is 10.2. The maximum Gasteiger partial charge on any atom is 0.243 e. The maximum absolute atomic E-state index is 15.1. The van der Waals surface area contributed by atoms with Crippen LogP contribution in [0.3, 0.4) is 0 Å². The van der Waals surface area contributed by atoms with Gasteiger partial charge in [-0.2, -0.15) is 4.31 Å². The first-order valence-electron chi connectivity index (χ1n) is 13.9. The molecule has 2 unspecified atom stereocenters. The van der Waals surface area contributed by atoms with Gasteiger partial charge in [-0.15, -0.1) is 0 Å². The fourth-order valence-electron chi connectivity index (χ4n) is 5.69. The Kier molecular flexibility index (Phi) is 9.63. The number of carbonyl (C=O) groups is 1. The van der Waals surface area contributed by atoms with Crippen LogP contribution in [0.25, 0.3) is 10.4 Å². The SMILES string of the molecule is [N-]=[N+]=N[C@H](C(=O)Nc1cccc(F)c1CCC1CN1S(=O)(=O)c1ccc(F)cc1)[C@@H](c1ccc(Cl)cc1)C1CCOCC1. The van der Waals surface area contributed by atoms with Crippen molar-refractivity contribution in [2.45, 2.75) is 48.6 Å². The highest BCUT2D eigenvalue weighted by molar-refractivity contribution is 7.89. The van der Waals surface area contributed by atoms with Crippen molar-refractivity contribution >= 4 is 33.2 Å². The molecular formula is C30H30ClF2N5O4S. The molecule has 1 N–H and O–H groups in total. The largest absolute Gasteiger partial charge is 0.381 e. The third kappa shape index (κ3) is 7.17. The van der Waals surface area contributed by atoms with Crippen LogP contribution in [0.15, 0.2) is 76.7 Å². The zero-order valence-electron chi connectivity index (χ0n) is 23.1. The fourth-order valence-corrected chi connectivity index (χ4v) is 7.44. The van der Waals surface area contributed by atoms with Crippen LogP contribution < -0.4 is 5.32 Å². The lowest BCUT2D eigenvalue weighted by molar-refractivity contribution is -0.118. The molecule has 2 aliphatic heterocycles. The second-order valence-corrected chi connectivity index (χ2v) is 13.0. The molecule has 2 saturated heterocycles. The number of hydrogen-bond donors (Lipinski definition) is 1. The summed E-state index contributed by atoms with van der Waals surface area (Å²) in [4.78, 5) is 16.7. The summed E-state index contributed by atoms with van der Waals surface area (Å²) in [6, 6.07) is 14.5. The summed E-state index contributed by atoms with van der Waals surface area (Å²) in [6.45, 7) is 1.29. The molecule has 0 aliphatic carbocycles. The molecule has 226 valence electrons. The van der Waals surface area contributed by atoms with Crippen LogP contribution in [0.5, 0.6) is 0 Å². The van der Waals surface area contributed by atoms with Gasteiger partial charge in [-0.05, 0) is 91.2 Å². The Balaban J connectivity index is 1.33. The number of anilines is 1. The molecule has 3 aromatic carbocycles. The quantitative estimate of drug-likeness (QED) is 0.113. The summed E-state index contributed by atoms with van der Waals surface area (Å²) >= 11 is 6.11. The number of benzene rings is 3. The molecule has 1 amide bonds. The first-order valence-corrected chi connectivity index (χ1v) is 15.7. The predicted octanol–water partition coefficient (Wildman–Crippen LogP) is 6.45. The van der Waals surface area contributed by atoms with E-state index < -0.39 is 39.5 Å². The average Bonchev–Trinajstić information content (AvgIpc) is 3.79. The van der Waals surface area contributed by atoms with Gasteiger partial charge in [0.05, 0.1) is 4.90 Å². The van der Waals surface area contributed by atoms with E-state index in [2.05, 4.69) is 15.3 Å². The number of sulfonamides is 1. The minimum atomic E-state index is -3.80. The minimum absolute atomic E-state index is 0.00735. The van der Waals surface area contributed by atoms with Crippen molar-refractivity contribution < 1.29 is 26.7 Å². The van der Waals surface area contributed by atoms with E-state index in [4.69, 9.17) is 16.3 Å². The lowest BCUT2D eigenvalue weighted by Gasteiger charge is -2.34. The van der Waals surface area contributed by atoms with E-state index in [1.165, 1.54) is 28.6 Å². The van der Waals surface area contributed by atoms with Gasteiger partial charge in [-0.3, -0.25) is 4.79 Å². The fraction of sp³-hybridized carbons (Fsp3) is 0.367. The lowest BCUT2D eigenvalue weighted by atomic mass is 9.76. The number of nitrogens with one attached hydrogen (secondary N) is 1. The number of azide groups is 1. The van der Waals surface area contributed by atoms with Crippen LogP contribution in [0, 0.1) is 17.6 Å². The van der Waals surface area contributed by atoms with Gasteiger partial charge in [0, 0.05) is 52.9 Å². The number of nitrogens with zero attached hydrogens (tertiary/aromatic N) is 4. The van der Waals surface area contributed by atoms with Crippen molar-refractivity contribution in [2.24, 2.45) is 11.0 Å². The van der Waals surface area contributed by atoms with E-state index in [0.717, 1.165) is 17.7 Å². The number of halogens is 3. The van der Waals surface area contributed by atoms with E-state index in [0.29, 0.717) is 37.5 Å². The standard InChI is InChI=1S/C30H30ClF2N5O4S/c31-21-6-4-19(5-7-21)28(20-14-16-42-17-15-20)29(36-37-34)30(39)35-27-3-1-2-26(33)25(27)13-10-23-18-38(23)43(40,41)24-11-8-22(32)9-12-24/h1-9,11-12,20,23,28-29H,10,13-18H2,(H,35,39)/t23?,28-,29-,38?/m0/s1. The Morgan fingerprint density at radius 2 is 1.79 bits per heavy atom. The van der Waals surface area contributed by atoms with Gasteiger partial charge < -0.3 is 10.1 Å². The smallest absolute Gasteiger partial charge is 0.243 e. The molecule has 0 saturated carbocycles. The average molecular weight is 630 g/mol. The molecule has 0 aromatic heterocycles. The number of carbonyl (C=O) groups excluding carboxylic acids is 1. The molecule has 3 aromatic rings. The molecular weight excluding hydrogens is 600 g/mol. The highest BCUT2D eigenvalue weighted by Gasteiger charge is 2.44. The van der Waals surface area contributed by atoms with E-state index in [9.17, 15) is 23.1 Å². The summed E-state index contributed by atoms with van der Waals surface area (Å²) in [5.74, 6) is -2.14. The Bertz CT molecular complexity index is 1610. The maximum atomic E-state index is 15.1. The molecule has 13 heteroatoms. The molecule has 4 atom stereocenters. The van der Waals surface area contributed by atoms with Gasteiger partial charge in [-0.25, -0.2) is 17.2 Å². The van der Waals surface area contributed by atoms with Gasteiger partial charge in [-0.1, -0.05) is 34.9 Å². The molecule has 5 rings (SSSR count). The van der Waals surface area contributed by atoms with E-state index >= 15 is 4.39 Å². The number of rotatable bonds is 11. The minimum Gasteiger partial charge on any atom is -0.381 e. The molecule has 2 fully saturated rings. The molecule has 0 bridgehead atoms. The Labute approximate surface area is 253 Å². The van der Waals surface area contributed by atoms with E-state index in [1.807, 2.05) is 12.1 Å².